The van der Waals surface area contributed by atoms with Gasteiger partial charge in [-0.25, -0.2) is 0 Å². The van der Waals surface area contributed by atoms with Crippen molar-refractivity contribution in [3.63, 3.8) is 0 Å². The van der Waals surface area contributed by atoms with Crippen molar-refractivity contribution in [1.29, 1.82) is 0 Å². The lowest BCUT2D eigenvalue weighted by molar-refractivity contribution is -0.138. The fourth-order valence-corrected chi connectivity index (χ4v) is 3.27. The second-order valence-corrected chi connectivity index (χ2v) is 6.79. The van der Waals surface area contributed by atoms with Crippen molar-refractivity contribution in [3.8, 4) is 0 Å². The zero-order chi connectivity index (χ0) is 17.8. The Labute approximate surface area is 148 Å². The van der Waals surface area contributed by atoms with Gasteiger partial charge in [-0.15, -0.1) is 0 Å². The number of carbonyl (C=O) groups excluding carboxylic acids is 2. The van der Waals surface area contributed by atoms with Crippen molar-refractivity contribution in [1.82, 2.24) is 14.4 Å². The van der Waals surface area contributed by atoms with Gasteiger partial charge in [0.15, 0.2) is 0 Å². The highest BCUT2D eigenvalue weighted by atomic mass is 16.2. The van der Waals surface area contributed by atoms with Crippen LogP contribution >= 0.6 is 0 Å². The molecule has 0 aliphatic carbocycles. The van der Waals surface area contributed by atoms with Crippen LogP contribution in [0, 0.1) is 6.92 Å². The number of benzene rings is 1. The molecule has 0 bridgehead atoms. The first-order valence-electron chi connectivity index (χ1n) is 8.73. The van der Waals surface area contributed by atoms with Gasteiger partial charge in [0, 0.05) is 45.6 Å². The van der Waals surface area contributed by atoms with E-state index in [0.29, 0.717) is 39.0 Å². The summed E-state index contributed by atoms with van der Waals surface area (Å²) in [6.45, 7) is 4.50. The lowest BCUT2D eigenvalue weighted by atomic mass is 10.1. The topological polar surface area (TPSA) is 45.6 Å². The molecule has 1 aromatic heterocycles. The van der Waals surface area contributed by atoms with E-state index in [1.165, 1.54) is 5.56 Å². The number of carbonyl (C=O) groups is 2. The molecule has 0 atom stereocenters. The van der Waals surface area contributed by atoms with Crippen molar-refractivity contribution < 1.29 is 9.59 Å². The molecular weight excluding hydrogens is 314 g/mol. The smallest absolute Gasteiger partial charge is 0.227 e. The molecule has 25 heavy (non-hydrogen) atoms. The third-order valence-corrected chi connectivity index (χ3v) is 4.67. The molecule has 132 valence electrons. The number of piperazine rings is 1. The number of aromatic nitrogens is 1. The van der Waals surface area contributed by atoms with Gasteiger partial charge in [-0.1, -0.05) is 29.8 Å². The molecule has 1 aliphatic heterocycles. The Morgan fingerprint density at radius 3 is 2.04 bits per heavy atom. The molecule has 0 radical (unpaired) electrons. The third-order valence-electron chi connectivity index (χ3n) is 4.67. The summed E-state index contributed by atoms with van der Waals surface area (Å²) < 4.78 is 1.95. The summed E-state index contributed by atoms with van der Waals surface area (Å²) in [5.41, 5.74) is 3.25. The zero-order valence-corrected chi connectivity index (χ0v) is 14.9. The summed E-state index contributed by atoms with van der Waals surface area (Å²) in [5.74, 6) is 0.276. The average molecular weight is 339 g/mol. The summed E-state index contributed by atoms with van der Waals surface area (Å²) >= 11 is 0. The van der Waals surface area contributed by atoms with Gasteiger partial charge in [-0.05, 0) is 24.1 Å². The SMILES string of the molecule is Cc1cccc(CC(=O)N2CCN(C(=O)Cc3ccn(C)c3)CC2)c1. The van der Waals surface area contributed by atoms with E-state index in [-0.39, 0.29) is 11.8 Å². The fourth-order valence-electron chi connectivity index (χ4n) is 3.27. The monoisotopic (exact) mass is 339 g/mol. The van der Waals surface area contributed by atoms with Gasteiger partial charge >= 0.3 is 0 Å². The number of rotatable bonds is 4. The Bertz CT molecular complexity index is 758. The number of hydrogen-bond acceptors (Lipinski definition) is 2. The second kappa shape index (κ2) is 7.55. The first-order chi connectivity index (χ1) is 12.0. The molecule has 2 amide bonds. The van der Waals surface area contributed by atoms with Crippen molar-refractivity contribution in [3.05, 3.63) is 59.4 Å². The minimum absolute atomic E-state index is 0.136. The van der Waals surface area contributed by atoms with E-state index in [9.17, 15) is 9.59 Å². The molecule has 5 heteroatoms. The van der Waals surface area contributed by atoms with Gasteiger partial charge in [0.1, 0.15) is 0 Å². The molecule has 0 N–H and O–H groups in total. The lowest BCUT2D eigenvalue weighted by Crippen LogP contribution is -2.51. The van der Waals surface area contributed by atoms with Crippen molar-refractivity contribution in [2.45, 2.75) is 19.8 Å². The minimum Gasteiger partial charge on any atom is -0.357 e. The number of aryl methyl sites for hydroxylation is 2. The van der Waals surface area contributed by atoms with Crippen LogP contribution in [0.1, 0.15) is 16.7 Å². The van der Waals surface area contributed by atoms with Gasteiger partial charge in [-0.3, -0.25) is 9.59 Å². The van der Waals surface area contributed by atoms with Gasteiger partial charge < -0.3 is 14.4 Å². The molecule has 1 fully saturated rings. The summed E-state index contributed by atoms with van der Waals surface area (Å²) in [6.07, 6.45) is 4.78. The van der Waals surface area contributed by atoms with Gasteiger partial charge in [0.05, 0.1) is 12.8 Å². The Kier molecular flexibility index (Phi) is 5.22. The first-order valence-corrected chi connectivity index (χ1v) is 8.73. The van der Waals surface area contributed by atoms with Crippen molar-refractivity contribution in [2.75, 3.05) is 26.2 Å². The third kappa shape index (κ3) is 4.50. The molecular formula is C20H25N3O2. The van der Waals surface area contributed by atoms with E-state index in [0.717, 1.165) is 11.1 Å². The van der Waals surface area contributed by atoms with Crippen LogP contribution in [-0.4, -0.2) is 52.4 Å². The first kappa shape index (κ1) is 17.3. The summed E-state index contributed by atoms with van der Waals surface area (Å²) in [7, 11) is 1.95. The van der Waals surface area contributed by atoms with Crippen LogP contribution in [0.3, 0.4) is 0 Å². The Balaban J connectivity index is 1.49. The molecule has 1 aliphatic rings. The zero-order valence-electron chi connectivity index (χ0n) is 14.9. The maximum absolute atomic E-state index is 12.5. The molecule has 1 aromatic carbocycles. The molecule has 0 saturated carbocycles. The molecule has 0 unspecified atom stereocenters. The predicted octanol–water partition coefficient (Wildman–Crippen LogP) is 1.79. The van der Waals surface area contributed by atoms with E-state index in [1.54, 1.807) is 0 Å². The number of hydrogen-bond donors (Lipinski definition) is 0. The van der Waals surface area contributed by atoms with E-state index in [2.05, 4.69) is 6.07 Å². The largest absolute Gasteiger partial charge is 0.357 e. The Morgan fingerprint density at radius 2 is 1.52 bits per heavy atom. The number of nitrogens with zero attached hydrogens (tertiary/aromatic N) is 3. The standard InChI is InChI=1S/C20H25N3O2/c1-16-4-3-5-17(12-16)13-19(24)22-8-10-23(11-9-22)20(25)14-18-6-7-21(2)15-18/h3-7,12,15H,8-11,13-14H2,1-2H3. The highest BCUT2D eigenvalue weighted by molar-refractivity contribution is 5.81. The summed E-state index contributed by atoms with van der Waals surface area (Å²) in [6, 6.07) is 10.0. The summed E-state index contributed by atoms with van der Waals surface area (Å²) in [5, 5.41) is 0. The Morgan fingerprint density at radius 1 is 0.920 bits per heavy atom. The van der Waals surface area contributed by atoms with Crippen LogP contribution in [0.5, 0.6) is 0 Å². The Hall–Kier alpha value is -2.56. The van der Waals surface area contributed by atoms with Crippen molar-refractivity contribution in [2.24, 2.45) is 7.05 Å². The maximum atomic E-state index is 12.5. The highest BCUT2D eigenvalue weighted by Crippen LogP contribution is 2.10. The van der Waals surface area contributed by atoms with Crippen LogP contribution in [0.25, 0.3) is 0 Å². The minimum atomic E-state index is 0.136. The molecule has 0 spiro atoms. The molecule has 1 saturated heterocycles. The number of amides is 2. The van der Waals surface area contributed by atoms with E-state index < -0.39 is 0 Å². The fraction of sp³-hybridized carbons (Fsp3) is 0.400. The average Bonchev–Trinajstić information content (AvgIpc) is 3.00. The normalized spacial score (nSPS) is 14.6. The maximum Gasteiger partial charge on any atom is 0.227 e. The van der Waals surface area contributed by atoms with Gasteiger partial charge in [0.25, 0.3) is 0 Å². The van der Waals surface area contributed by atoms with Crippen LogP contribution in [0.4, 0.5) is 0 Å². The van der Waals surface area contributed by atoms with Crippen LogP contribution in [-0.2, 0) is 29.5 Å². The van der Waals surface area contributed by atoms with Crippen LogP contribution < -0.4 is 0 Å². The highest BCUT2D eigenvalue weighted by Gasteiger charge is 2.24. The van der Waals surface area contributed by atoms with Gasteiger partial charge in [-0.2, -0.15) is 0 Å². The van der Waals surface area contributed by atoms with Crippen LogP contribution in [0.2, 0.25) is 0 Å². The molecule has 5 nitrogen and oxygen atoms in total. The molecule has 3 rings (SSSR count). The second-order valence-electron chi connectivity index (χ2n) is 6.79. The summed E-state index contributed by atoms with van der Waals surface area (Å²) in [4.78, 5) is 28.6. The predicted molar refractivity (Wildman–Crippen MR) is 97.2 cm³/mol. The van der Waals surface area contributed by atoms with E-state index in [4.69, 9.17) is 0 Å². The lowest BCUT2D eigenvalue weighted by Gasteiger charge is -2.35. The molecule has 2 heterocycles. The van der Waals surface area contributed by atoms with E-state index >= 15 is 0 Å². The van der Waals surface area contributed by atoms with Gasteiger partial charge in [0.2, 0.25) is 11.8 Å². The van der Waals surface area contributed by atoms with Crippen molar-refractivity contribution >= 4 is 11.8 Å². The van der Waals surface area contributed by atoms with E-state index in [1.807, 2.05) is 65.0 Å². The molecule has 2 aromatic rings. The van der Waals surface area contributed by atoms with Crippen LogP contribution in [0.15, 0.2) is 42.7 Å². The quantitative estimate of drug-likeness (QED) is 0.852.